The quantitative estimate of drug-likeness (QED) is 0.188. The highest BCUT2D eigenvalue weighted by Gasteiger charge is 2.47. The second kappa shape index (κ2) is 9.59. The fourth-order valence-corrected chi connectivity index (χ4v) is 4.63. The molecule has 0 saturated carbocycles. The molecule has 1 heterocycles. The fourth-order valence-electron chi connectivity index (χ4n) is 4.63. The van der Waals surface area contributed by atoms with Gasteiger partial charge in [0.25, 0.3) is 11.7 Å². The van der Waals surface area contributed by atoms with E-state index in [1.165, 1.54) is 19.2 Å². The summed E-state index contributed by atoms with van der Waals surface area (Å²) in [6.45, 7) is 0. The van der Waals surface area contributed by atoms with Gasteiger partial charge >= 0.3 is 6.36 Å². The van der Waals surface area contributed by atoms with Gasteiger partial charge < -0.3 is 14.6 Å². The van der Waals surface area contributed by atoms with E-state index in [1.54, 1.807) is 48.5 Å². The molecule has 0 aliphatic carbocycles. The number of amides is 1. The van der Waals surface area contributed by atoms with E-state index < -0.39 is 35.6 Å². The summed E-state index contributed by atoms with van der Waals surface area (Å²) < 4.78 is 48.0. The molecule has 0 aromatic heterocycles. The van der Waals surface area contributed by atoms with Gasteiger partial charge in [-0.05, 0) is 40.6 Å². The number of ketones is 1. The smallest absolute Gasteiger partial charge is 0.507 e. The van der Waals surface area contributed by atoms with Crippen molar-refractivity contribution in [3.05, 3.63) is 108 Å². The molecule has 0 radical (unpaired) electrons. The summed E-state index contributed by atoms with van der Waals surface area (Å²) in [4.78, 5) is 27.9. The van der Waals surface area contributed by atoms with Gasteiger partial charge in [0.05, 0.1) is 18.7 Å². The average molecular weight is 519 g/mol. The number of methoxy groups -OCH3 is 1. The highest BCUT2D eigenvalue weighted by molar-refractivity contribution is 6.51. The number of benzene rings is 4. The van der Waals surface area contributed by atoms with Gasteiger partial charge in [-0.3, -0.25) is 14.5 Å². The summed E-state index contributed by atoms with van der Waals surface area (Å²) in [6.07, 6.45) is -4.95. The lowest BCUT2D eigenvalue weighted by molar-refractivity contribution is -0.274. The molecule has 192 valence electrons. The van der Waals surface area contributed by atoms with E-state index in [1.807, 2.05) is 18.2 Å². The first-order valence-corrected chi connectivity index (χ1v) is 11.5. The maximum Gasteiger partial charge on any atom is 0.573 e. The molecular formula is C29H20F3NO5. The number of halogens is 3. The summed E-state index contributed by atoms with van der Waals surface area (Å²) in [6, 6.07) is 22.6. The number of fused-ring (bicyclic) bond motifs is 1. The number of nitrogens with zero attached hydrogens (tertiary/aromatic N) is 1. The van der Waals surface area contributed by atoms with Crippen molar-refractivity contribution in [3.8, 4) is 11.5 Å². The molecular weight excluding hydrogens is 499 g/mol. The molecule has 0 bridgehead atoms. The maximum atomic E-state index is 13.4. The zero-order valence-corrected chi connectivity index (χ0v) is 19.9. The number of carbonyl (C=O) groups is 2. The summed E-state index contributed by atoms with van der Waals surface area (Å²) in [5.74, 6) is -2.53. The van der Waals surface area contributed by atoms with Crippen LogP contribution in [0.2, 0.25) is 0 Å². The van der Waals surface area contributed by atoms with Crippen molar-refractivity contribution >= 4 is 33.9 Å². The van der Waals surface area contributed by atoms with Gasteiger partial charge in [0.1, 0.15) is 17.3 Å². The number of hydrogen-bond acceptors (Lipinski definition) is 5. The van der Waals surface area contributed by atoms with E-state index in [0.717, 1.165) is 22.4 Å². The molecule has 4 aromatic rings. The molecule has 5 rings (SSSR count). The van der Waals surface area contributed by atoms with Crippen molar-refractivity contribution in [2.24, 2.45) is 0 Å². The standard InChI is InChI=1S/C29H20F3NO5/c1-37-20-11-4-9-18(15-20)25-24(26(34)23-14-5-8-17-7-2-3-13-22(17)23)27(35)28(36)33(25)19-10-6-12-21(16-19)38-29(30,31)32/h2-16,25,34H,1H3/b26-24-. The number of anilines is 1. The van der Waals surface area contributed by atoms with Crippen LogP contribution in [0.25, 0.3) is 16.5 Å². The molecule has 1 atom stereocenters. The van der Waals surface area contributed by atoms with Crippen LogP contribution in [0, 0.1) is 0 Å². The first-order valence-electron chi connectivity index (χ1n) is 11.5. The summed E-state index contributed by atoms with van der Waals surface area (Å²) in [5.41, 5.74) is 0.524. The van der Waals surface area contributed by atoms with Crippen LogP contribution in [0.15, 0.2) is 96.6 Å². The monoisotopic (exact) mass is 519 g/mol. The molecule has 1 fully saturated rings. The molecule has 9 heteroatoms. The minimum atomic E-state index is -4.95. The lowest BCUT2D eigenvalue weighted by atomic mass is 9.93. The minimum Gasteiger partial charge on any atom is -0.507 e. The van der Waals surface area contributed by atoms with Gasteiger partial charge in [0.2, 0.25) is 0 Å². The van der Waals surface area contributed by atoms with Crippen LogP contribution < -0.4 is 14.4 Å². The lowest BCUT2D eigenvalue weighted by Crippen LogP contribution is -2.29. The first kappa shape index (κ1) is 24.9. The number of carbonyl (C=O) groups excluding carboxylic acids is 2. The van der Waals surface area contributed by atoms with Gasteiger partial charge in [-0.1, -0.05) is 60.7 Å². The van der Waals surface area contributed by atoms with Crippen LogP contribution >= 0.6 is 0 Å². The Morgan fingerprint density at radius 2 is 1.55 bits per heavy atom. The molecule has 1 unspecified atom stereocenters. The molecule has 6 nitrogen and oxygen atoms in total. The van der Waals surface area contributed by atoms with Gasteiger partial charge in [-0.15, -0.1) is 13.2 Å². The molecule has 1 saturated heterocycles. The van der Waals surface area contributed by atoms with E-state index in [4.69, 9.17) is 4.74 Å². The highest BCUT2D eigenvalue weighted by atomic mass is 19.4. The van der Waals surface area contributed by atoms with Crippen molar-refractivity contribution < 1.29 is 37.3 Å². The number of ether oxygens (including phenoxy) is 2. The third kappa shape index (κ3) is 4.54. The predicted octanol–water partition coefficient (Wildman–Crippen LogP) is 6.37. The Morgan fingerprint density at radius 3 is 2.32 bits per heavy atom. The molecule has 4 aromatic carbocycles. The number of aliphatic hydroxyl groups excluding tert-OH is 1. The molecule has 0 spiro atoms. The van der Waals surface area contributed by atoms with Crippen LogP contribution in [-0.2, 0) is 9.59 Å². The first-order chi connectivity index (χ1) is 18.2. The number of rotatable bonds is 5. The third-order valence-corrected chi connectivity index (χ3v) is 6.23. The van der Waals surface area contributed by atoms with Crippen molar-refractivity contribution in [2.45, 2.75) is 12.4 Å². The normalized spacial score (nSPS) is 17.2. The number of hydrogen-bond donors (Lipinski definition) is 1. The maximum absolute atomic E-state index is 13.4. The van der Waals surface area contributed by atoms with Crippen molar-refractivity contribution in [1.82, 2.24) is 0 Å². The summed E-state index contributed by atoms with van der Waals surface area (Å²) in [5, 5.41) is 13.0. The molecule has 1 N–H and O–H groups in total. The lowest BCUT2D eigenvalue weighted by Gasteiger charge is -2.26. The second-order valence-electron chi connectivity index (χ2n) is 8.52. The molecule has 1 amide bonds. The zero-order valence-electron chi connectivity index (χ0n) is 19.9. The minimum absolute atomic E-state index is 0.0151. The number of alkyl halides is 3. The average Bonchev–Trinajstić information content (AvgIpc) is 3.17. The second-order valence-corrected chi connectivity index (χ2v) is 8.52. The topological polar surface area (TPSA) is 76.1 Å². The van der Waals surface area contributed by atoms with Gasteiger partial charge in [-0.25, -0.2) is 0 Å². The third-order valence-electron chi connectivity index (χ3n) is 6.23. The SMILES string of the molecule is COc1cccc(C2/C(=C(/O)c3cccc4ccccc34)C(=O)C(=O)N2c2cccc(OC(F)(F)F)c2)c1. The van der Waals surface area contributed by atoms with Gasteiger partial charge in [-0.2, -0.15) is 0 Å². The summed E-state index contributed by atoms with van der Waals surface area (Å²) >= 11 is 0. The Labute approximate surface area is 215 Å². The molecule has 38 heavy (non-hydrogen) atoms. The van der Waals surface area contributed by atoms with E-state index in [0.29, 0.717) is 22.3 Å². The molecule has 1 aliphatic rings. The van der Waals surface area contributed by atoms with E-state index in [-0.39, 0.29) is 11.3 Å². The van der Waals surface area contributed by atoms with E-state index in [9.17, 15) is 27.9 Å². The van der Waals surface area contributed by atoms with Crippen LogP contribution in [0.3, 0.4) is 0 Å². The van der Waals surface area contributed by atoms with Gasteiger partial charge in [0, 0.05) is 17.3 Å². The number of aliphatic hydroxyl groups is 1. The fraction of sp³-hybridized carbons (Fsp3) is 0.103. The summed E-state index contributed by atoms with van der Waals surface area (Å²) in [7, 11) is 1.45. The highest BCUT2D eigenvalue weighted by Crippen LogP contribution is 2.44. The zero-order chi connectivity index (χ0) is 27.0. The van der Waals surface area contributed by atoms with Crippen molar-refractivity contribution in [1.29, 1.82) is 0 Å². The van der Waals surface area contributed by atoms with Crippen molar-refractivity contribution in [3.63, 3.8) is 0 Å². The Kier molecular flexibility index (Phi) is 6.28. The largest absolute Gasteiger partial charge is 0.573 e. The Bertz CT molecular complexity index is 1590. The van der Waals surface area contributed by atoms with E-state index in [2.05, 4.69) is 4.74 Å². The van der Waals surface area contributed by atoms with Crippen LogP contribution in [0.4, 0.5) is 18.9 Å². The predicted molar refractivity (Wildman–Crippen MR) is 135 cm³/mol. The van der Waals surface area contributed by atoms with Crippen LogP contribution in [0.1, 0.15) is 17.2 Å². The van der Waals surface area contributed by atoms with E-state index >= 15 is 0 Å². The van der Waals surface area contributed by atoms with Crippen LogP contribution in [0.5, 0.6) is 11.5 Å². The van der Waals surface area contributed by atoms with Gasteiger partial charge in [0.15, 0.2) is 0 Å². The Hall–Kier alpha value is -4.79. The van der Waals surface area contributed by atoms with Crippen LogP contribution in [-0.4, -0.2) is 30.3 Å². The Morgan fingerprint density at radius 1 is 0.868 bits per heavy atom. The van der Waals surface area contributed by atoms with Crippen molar-refractivity contribution in [2.75, 3.05) is 12.0 Å². The number of Topliss-reactive ketones (excluding diaryl/α,β-unsaturated/α-hetero) is 1. The Balaban J connectivity index is 1.74. The molecule has 1 aliphatic heterocycles.